The molecule has 1 atom stereocenters. The number of ether oxygens (including phenoxy) is 1. The summed E-state index contributed by atoms with van der Waals surface area (Å²) in [4.78, 5) is 12.6. The molecule has 1 aliphatic heterocycles. The van der Waals surface area contributed by atoms with Crippen LogP contribution >= 0.6 is 0 Å². The molecule has 0 aromatic heterocycles. The van der Waals surface area contributed by atoms with Crippen molar-refractivity contribution in [3.63, 3.8) is 0 Å². The number of hydrogen-bond acceptors (Lipinski definition) is 4. The van der Waals surface area contributed by atoms with Crippen LogP contribution in [-0.4, -0.2) is 35.6 Å². The number of nitrogens with zero attached hydrogens (tertiary/aromatic N) is 2. The van der Waals surface area contributed by atoms with Gasteiger partial charge in [-0.2, -0.15) is 0 Å². The molecule has 1 aliphatic rings. The Balaban J connectivity index is 1.69. The van der Waals surface area contributed by atoms with E-state index in [1.807, 2.05) is 0 Å². The highest BCUT2D eigenvalue weighted by Crippen LogP contribution is 2.18. The first kappa shape index (κ1) is 13.8. The van der Waals surface area contributed by atoms with Crippen LogP contribution in [0.15, 0.2) is 24.3 Å². The Morgan fingerprint density at radius 3 is 2.74 bits per heavy atom. The predicted molar refractivity (Wildman–Crippen MR) is 73.5 cm³/mol. The third-order valence-electron chi connectivity index (χ3n) is 3.60. The molecule has 1 saturated heterocycles. The Morgan fingerprint density at radius 2 is 2.16 bits per heavy atom. The van der Waals surface area contributed by atoms with E-state index >= 15 is 0 Å². The number of rotatable bonds is 6. The summed E-state index contributed by atoms with van der Waals surface area (Å²) in [5.74, 6) is 0.695. The number of nitro groups is 1. The SMILES string of the molecule is CC1CCCN1CCCOc1ccc([N+](=O)[O-])cc1. The lowest BCUT2D eigenvalue weighted by Gasteiger charge is -2.20. The van der Waals surface area contributed by atoms with Gasteiger partial charge in [0.05, 0.1) is 11.5 Å². The lowest BCUT2D eigenvalue weighted by molar-refractivity contribution is -0.384. The maximum Gasteiger partial charge on any atom is 0.269 e. The zero-order valence-electron chi connectivity index (χ0n) is 11.2. The maximum absolute atomic E-state index is 10.5. The second-order valence-electron chi connectivity index (χ2n) is 4.98. The topological polar surface area (TPSA) is 55.6 Å². The van der Waals surface area contributed by atoms with Crippen molar-refractivity contribution in [2.75, 3.05) is 19.7 Å². The predicted octanol–water partition coefficient (Wildman–Crippen LogP) is 2.85. The Hall–Kier alpha value is -1.62. The molecule has 1 aromatic rings. The highest BCUT2D eigenvalue weighted by molar-refractivity contribution is 5.35. The van der Waals surface area contributed by atoms with Gasteiger partial charge in [-0.05, 0) is 44.9 Å². The van der Waals surface area contributed by atoms with E-state index in [4.69, 9.17) is 4.74 Å². The molecular weight excluding hydrogens is 244 g/mol. The van der Waals surface area contributed by atoms with Crippen LogP contribution in [0.1, 0.15) is 26.2 Å². The van der Waals surface area contributed by atoms with E-state index in [0.717, 1.165) is 13.0 Å². The first-order chi connectivity index (χ1) is 9.16. The molecule has 1 unspecified atom stereocenters. The number of likely N-dealkylation sites (tertiary alicyclic amines) is 1. The van der Waals surface area contributed by atoms with Gasteiger partial charge < -0.3 is 9.64 Å². The van der Waals surface area contributed by atoms with Crippen LogP contribution < -0.4 is 4.74 Å². The minimum atomic E-state index is -0.404. The number of nitro benzene ring substituents is 1. The average molecular weight is 264 g/mol. The molecule has 0 saturated carbocycles. The minimum absolute atomic E-state index is 0.0956. The zero-order valence-corrected chi connectivity index (χ0v) is 11.2. The highest BCUT2D eigenvalue weighted by Gasteiger charge is 2.18. The Kier molecular flexibility index (Phi) is 4.74. The third-order valence-corrected chi connectivity index (χ3v) is 3.60. The molecule has 0 spiro atoms. The molecule has 5 heteroatoms. The van der Waals surface area contributed by atoms with Crippen molar-refractivity contribution in [3.05, 3.63) is 34.4 Å². The molecule has 1 fully saturated rings. The summed E-state index contributed by atoms with van der Waals surface area (Å²) >= 11 is 0. The normalized spacial score (nSPS) is 19.5. The molecule has 0 bridgehead atoms. The van der Waals surface area contributed by atoms with Crippen molar-refractivity contribution < 1.29 is 9.66 Å². The lowest BCUT2D eigenvalue weighted by atomic mass is 10.2. The highest BCUT2D eigenvalue weighted by atomic mass is 16.6. The zero-order chi connectivity index (χ0) is 13.7. The van der Waals surface area contributed by atoms with Crippen molar-refractivity contribution in [2.24, 2.45) is 0 Å². The second kappa shape index (κ2) is 6.52. The molecule has 0 radical (unpaired) electrons. The van der Waals surface area contributed by atoms with Crippen LogP contribution in [0.3, 0.4) is 0 Å². The first-order valence-electron chi connectivity index (χ1n) is 6.78. The van der Waals surface area contributed by atoms with Crippen LogP contribution in [0.5, 0.6) is 5.75 Å². The largest absolute Gasteiger partial charge is 0.494 e. The molecule has 2 rings (SSSR count). The van der Waals surface area contributed by atoms with Crippen molar-refractivity contribution in [1.82, 2.24) is 4.90 Å². The van der Waals surface area contributed by atoms with Gasteiger partial charge in [0.1, 0.15) is 5.75 Å². The lowest BCUT2D eigenvalue weighted by Crippen LogP contribution is -2.28. The Bertz CT molecular complexity index is 419. The summed E-state index contributed by atoms with van der Waals surface area (Å²) in [7, 11) is 0. The molecule has 1 aromatic carbocycles. The molecule has 0 aliphatic carbocycles. The van der Waals surface area contributed by atoms with Crippen LogP contribution in [0.2, 0.25) is 0 Å². The van der Waals surface area contributed by atoms with E-state index in [1.54, 1.807) is 12.1 Å². The first-order valence-corrected chi connectivity index (χ1v) is 6.78. The quantitative estimate of drug-likeness (QED) is 0.450. The van der Waals surface area contributed by atoms with Crippen molar-refractivity contribution in [3.8, 4) is 5.75 Å². The second-order valence-corrected chi connectivity index (χ2v) is 4.98. The fraction of sp³-hybridized carbons (Fsp3) is 0.571. The summed E-state index contributed by atoms with van der Waals surface area (Å²) in [5, 5.41) is 10.5. The van der Waals surface area contributed by atoms with Gasteiger partial charge in [0.15, 0.2) is 0 Å². The number of benzene rings is 1. The van der Waals surface area contributed by atoms with Gasteiger partial charge in [-0.15, -0.1) is 0 Å². The molecule has 0 amide bonds. The van der Waals surface area contributed by atoms with E-state index in [0.29, 0.717) is 18.4 Å². The van der Waals surface area contributed by atoms with Gasteiger partial charge in [-0.25, -0.2) is 0 Å². The maximum atomic E-state index is 10.5. The molecule has 1 heterocycles. The molecule has 104 valence electrons. The van der Waals surface area contributed by atoms with Crippen LogP contribution in [0.4, 0.5) is 5.69 Å². The van der Waals surface area contributed by atoms with Crippen molar-refractivity contribution >= 4 is 5.69 Å². The van der Waals surface area contributed by atoms with Gasteiger partial charge in [-0.1, -0.05) is 0 Å². The van der Waals surface area contributed by atoms with Gasteiger partial charge >= 0.3 is 0 Å². The summed E-state index contributed by atoms with van der Waals surface area (Å²) in [6.45, 7) is 5.18. The van der Waals surface area contributed by atoms with E-state index in [2.05, 4.69) is 11.8 Å². The van der Waals surface area contributed by atoms with E-state index in [1.165, 1.54) is 31.5 Å². The number of hydrogen-bond donors (Lipinski definition) is 0. The van der Waals surface area contributed by atoms with Crippen molar-refractivity contribution in [2.45, 2.75) is 32.2 Å². The van der Waals surface area contributed by atoms with Crippen LogP contribution in [-0.2, 0) is 0 Å². The van der Waals surface area contributed by atoms with Crippen LogP contribution in [0, 0.1) is 10.1 Å². The third kappa shape index (κ3) is 3.92. The molecule has 5 nitrogen and oxygen atoms in total. The monoisotopic (exact) mass is 264 g/mol. The summed E-state index contributed by atoms with van der Waals surface area (Å²) in [6, 6.07) is 6.93. The fourth-order valence-corrected chi connectivity index (χ4v) is 2.45. The molecular formula is C14H20N2O3. The van der Waals surface area contributed by atoms with Gasteiger partial charge in [0.25, 0.3) is 5.69 Å². The fourth-order valence-electron chi connectivity index (χ4n) is 2.45. The average Bonchev–Trinajstić information content (AvgIpc) is 2.81. The number of non-ortho nitro benzene ring substituents is 1. The van der Waals surface area contributed by atoms with Crippen LogP contribution in [0.25, 0.3) is 0 Å². The van der Waals surface area contributed by atoms with Gasteiger partial charge in [-0.3, -0.25) is 10.1 Å². The Labute approximate surface area is 113 Å². The van der Waals surface area contributed by atoms with E-state index in [9.17, 15) is 10.1 Å². The van der Waals surface area contributed by atoms with E-state index < -0.39 is 4.92 Å². The molecule has 0 N–H and O–H groups in total. The van der Waals surface area contributed by atoms with Gasteiger partial charge in [0, 0.05) is 24.7 Å². The van der Waals surface area contributed by atoms with Gasteiger partial charge in [0.2, 0.25) is 0 Å². The summed E-state index contributed by atoms with van der Waals surface area (Å²) in [6.07, 6.45) is 3.58. The Morgan fingerprint density at radius 1 is 1.42 bits per heavy atom. The summed E-state index contributed by atoms with van der Waals surface area (Å²) in [5.41, 5.74) is 0.0956. The van der Waals surface area contributed by atoms with E-state index in [-0.39, 0.29) is 5.69 Å². The smallest absolute Gasteiger partial charge is 0.269 e. The standard InChI is InChI=1S/C14H20N2O3/c1-12-4-2-9-15(12)10-3-11-19-14-7-5-13(6-8-14)16(17)18/h5-8,12H,2-4,9-11H2,1H3. The molecule has 19 heavy (non-hydrogen) atoms. The van der Waals surface area contributed by atoms with Crippen molar-refractivity contribution in [1.29, 1.82) is 0 Å². The minimum Gasteiger partial charge on any atom is -0.494 e. The summed E-state index contributed by atoms with van der Waals surface area (Å²) < 4.78 is 5.59.